The van der Waals surface area contributed by atoms with Crippen LogP contribution in [-0.2, 0) is 14.8 Å². The predicted octanol–water partition coefficient (Wildman–Crippen LogP) is 1.46. The first-order valence-corrected chi connectivity index (χ1v) is 9.41. The number of carbonyl (C=O) groups is 1. The second-order valence-electron chi connectivity index (χ2n) is 6.10. The number of anilines is 1. The van der Waals surface area contributed by atoms with E-state index < -0.39 is 10.0 Å². The second-order valence-corrected chi connectivity index (χ2v) is 8.08. The number of nitrogens with one attached hydrogen (secondary N) is 1. The van der Waals surface area contributed by atoms with E-state index in [9.17, 15) is 13.2 Å². The molecule has 0 unspecified atom stereocenters. The van der Waals surface area contributed by atoms with Gasteiger partial charge in [-0.2, -0.15) is 4.31 Å². The lowest BCUT2D eigenvalue weighted by Gasteiger charge is -2.20. The summed E-state index contributed by atoms with van der Waals surface area (Å²) in [7, 11) is 0.444. The maximum Gasteiger partial charge on any atom is 0.239 e. The number of benzene rings is 1. The highest BCUT2D eigenvalue weighted by atomic mass is 32.2. The zero-order valence-corrected chi connectivity index (χ0v) is 15.4. The SMILES string of the molecule is Cc1ccc(NC(=O)CN(CCCN(C)C)S(C)(=O)=O)cc1C. The van der Waals surface area contributed by atoms with Crippen LogP contribution in [0.5, 0.6) is 0 Å². The highest BCUT2D eigenvalue weighted by Crippen LogP contribution is 2.14. The van der Waals surface area contributed by atoms with E-state index in [0.717, 1.165) is 23.9 Å². The van der Waals surface area contributed by atoms with Crippen LogP contribution in [-0.4, -0.2) is 63.5 Å². The molecule has 7 heteroatoms. The molecule has 0 radical (unpaired) electrons. The minimum atomic E-state index is -3.41. The predicted molar refractivity (Wildman–Crippen MR) is 94.1 cm³/mol. The molecule has 1 rings (SSSR count). The van der Waals surface area contributed by atoms with Gasteiger partial charge < -0.3 is 10.2 Å². The third kappa shape index (κ3) is 7.11. The summed E-state index contributed by atoms with van der Waals surface area (Å²) in [5, 5.41) is 2.76. The molecule has 0 aliphatic rings. The van der Waals surface area contributed by atoms with E-state index in [2.05, 4.69) is 5.32 Å². The van der Waals surface area contributed by atoms with Gasteiger partial charge in [0.15, 0.2) is 0 Å². The van der Waals surface area contributed by atoms with Crippen molar-refractivity contribution >= 4 is 21.6 Å². The smallest absolute Gasteiger partial charge is 0.239 e. The van der Waals surface area contributed by atoms with Crippen LogP contribution in [0.1, 0.15) is 17.5 Å². The molecule has 1 amide bonds. The normalized spacial score (nSPS) is 12.0. The second kappa shape index (κ2) is 8.42. The van der Waals surface area contributed by atoms with Crippen molar-refractivity contribution in [3.8, 4) is 0 Å². The Labute approximate surface area is 139 Å². The summed E-state index contributed by atoms with van der Waals surface area (Å²) in [6.45, 7) is 4.90. The summed E-state index contributed by atoms with van der Waals surface area (Å²) in [5.74, 6) is -0.330. The van der Waals surface area contributed by atoms with Gasteiger partial charge >= 0.3 is 0 Å². The van der Waals surface area contributed by atoms with Crippen LogP contribution in [0.2, 0.25) is 0 Å². The van der Waals surface area contributed by atoms with Crippen LogP contribution in [0.15, 0.2) is 18.2 Å². The number of aryl methyl sites for hydroxylation is 2. The minimum Gasteiger partial charge on any atom is -0.325 e. The number of rotatable bonds is 8. The van der Waals surface area contributed by atoms with Crippen molar-refractivity contribution in [3.05, 3.63) is 29.3 Å². The van der Waals surface area contributed by atoms with Crippen molar-refractivity contribution in [2.75, 3.05) is 45.3 Å². The highest BCUT2D eigenvalue weighted by molar-refractivity contribution is 7.88. The van der Waals surface area contributed by atoms with Crippen molar-refractivity contribution in [2.24, 2.45) is 0 Å². The molecule has 130 valence electrons. The molecule has 0 aliphatic carbocycles. The van der Waals surface area contributed by atoms with E-state index in [-0.39, 0.29) is 12.5 Å². The van der Waals surface area contributed by atoms with Gasteiger partial charge in [-0.1, -0.05) is 6.07 Å². The number of hydrogen-bond acceptors (Lipinski definition) is 4. The molecule has 0 aliphatic heterocycles. The molecule has 6 nitrogen and oxygen atoms in total. The molecule has 23 heavy (non-hydrogen) atoms. The third-order valence-electron chi connectivity index (χ3n) is 3.59. The molecular weight excluding hydrogens is 314 g/mol. The lowest BCUT2D eigenvalue weighted by molar-refractivity contribution is -0.116. The van der Waals surface area contributed by atoms with E-state index >= 15 is 0 Å². The average Bonchev–Trinajstić information content (AvgIpc) is 2.40. The molecule has 0 saturated carbocycles. The molecule has 0 heterocycles. The van der Waals surface area contributed by atoms with Gasteiger partial charge in [-0.15, -0.1) is 0 Å². The van der Waals surface area contributed by atoms with Gasteiger partial charge in [-0.05, 0) is 64.2 Å². The molecule has 1 aromatic rings. The fourth-order valence-corrected chi connectivity index (χ4v) is 2.92. The molecule has 0 atom stereocenters. The number of hydrogen-bond donors (Lipinski definition) is 1. The van der Waals surface area contributed by atoms with Crippen LogP contribution < -0.4 is 5.32 Å². The Hall–Kier alpha value is -1.44. The van der Waals surface area contributed by atoms with Crippen molar-refractivity contribution in [3.63, 3.8) is 0 Å². The minimum absolute atomic E-state index is 0.167. The van der Waals surface area contributed by atoms with E-state index in [1.54, 1.807) is 0 Å². The topological polar surface area (TPSA) is 69.7 Å². The Morgan fingerprint density at radius 1 is 1.13 bits per heavy atom. The van der Waals surface area contributed by atoms with Gasteiger partial charge in [0.1, 0.15) is 0 Å². The maximum atomic E-state index is 12.1. The van der Waals surface area contributed by atoms with Gasteiger partial charge in [0, 0.05) is 12.2 Å². The lowest BCUT2D eigenvalue weighted by Crippen LogP contribution is -2.38. The fourth-order valence-electron chi connectivity index (χ4n) is 2.11. The Bertz CT molecular complexity index is 642. The molecule has 0 saturated heterocycles. The first kappa shape index (κ1) is 19.6. The molecule has 0 aromatic heterocycles. The molecule has 0 spiro atoms. The van der Waals surface area contributed by atoms with Gasteiger partial charge in [0.05, 0.1) is 12.8 Å². The van der Waals surface area contributed by atoms with Crippen molar-refractivity contribution in [2.45, 2.75) is 20.3 Å². The van der Waals surface area contributed by atoms with Crippen LogP contribution in [0.3, 0.4) is 0 Å². The summed E-state index contributed by atoms with van der Waals surface area (Å²) in [6.07, 6.45) is 1.81. The number of amides is 1. The van der Waals surface area contributed by atoms with E-state index in [1.807, 2.05) is 51.0 Å². The first-order valence-electron chi connectivity index (χ1n) is 7.56. The van der Waals surface area contributed by atoms with Gasteiger partial charge in [0.25, 0.3) is 0 Å². The summed E-state index contributed by atoms with van der Waals surface area (Å²) >= 11 is 0. The third-order valence-corrected chi connectivity index (χ3v) is 4.84. The van der Waals surface area contributed by atoms with E-state index in [4.69, 9.17) is 0 Å². The zero-order valence-electron chi connectivity index (χ0n) is 14.6. The van der Waals surface area contributed by atoms with Gasteiger partial charge in [-0.25, -0.2) is 8.42 Å². The standard InChI is InChI=1S/C16H27N3O3S/c1-13-7-8-15(11-14(13)2)17-16(20)12-19(23(5,21)22)10-6-9-18(3)4/h7-8,11H,6,9-10,12H2,1-5H3,(H,17,20). The van der Waals surface area contributed by atoms with Gasteiger partial charge in [-0.3, -0.25) is 4.79 Å². The monoisotopic (exact) mass is 341 g/mol. The molecule has 0 bridgehead atoms. The van der Waals surface area contributed by atoms with Crippen LogP contribution in [0.25, 0.3) is 0 Å². The Morgan fingerprint density at radius 2 is 1.78 bits per heavy atom. The molecular formula is C16H27N3O3S. The van der Waals surface area contributed by atoms with Crippen LogP contribution >= 0.6 is 0 Å². The number of sulfonamides is 1. The fraction of sp³-hybridized carbons (Fsp3) is 0.562. The van der Waals surface area contributed by atoms with Crippen molar-refractivity contribution in [1.29, 1.82) is 0 Å². The quantitative estimate of drug-likeness (QED) is 0.777. The molecule has 1 aromatic carbocycles. The Kier molecular flexibility index (Phi) is 7.18. The molecule has 0 fully saturated rings. The largest absolute Gasteiger partial charge is 0.325 e. The lowest BCUT2D eigenvalue weighted by atomic mass is 10.1. The average molecular weight is 341 g/mol. The van der Waals surface area contributed by atoms with E-state index in [0.29, 0.717) is 18.7 Å². The van der Waals surface area contributed by atoms with Crippen molar-refractivity contribution < 1.29 is 13.2 Å². The maximum absolute atomic E-state index is 12.1. The van der Waals surface area contributed by atoms with E-state index in [1.165, 1.54) is 4.31 Å². The highest BCUT2D eigenvalue weighted by Gasteiger charge is 2.19. The first-order chi connectivity index (χ1) is 10.6. The summed E-state index contributed by atoms with van der Waals surface area (Å²) in [6, 6.07) is 5.62. The number of carbonyl (C=O) groups excluding carboxylic acids is 1. The summed E-state index contributed by atoms with van der Waals surface area (Å²) in [4.78, 5) is 14.1. The summed E-state index contributed by atoms with van der Waals surface area (Å²) < 4.78 is 24.9. The Balaban J connectivity index is 2.67. The molecule has 1 N–H and O–H groups in total. The van der Waals surface area contributed by atoms with Crippen LogP contribution in [0, 0.1) is 13.8 Å². The Morgan fingerprint density at radius 3 is 2.30 bits per heavy atom. The van der Waals surface area contributed by atoms with Crippen LogP contribution in [0.4, 0.5) is 5.69 Å². The van der Waals surface area contributed by atoms with Crippen molar-refractivity contribution in [1.82, 2.24) is 9.21 Å². The summed E-state index contributed by atoms with van der Waals surface area (Å²) in [5.41, 5.74) is 2.90. The number of nitrogens with zero attached hydrogens (tertiary/aromatic N) is 2. The van der Waals surface area contributed by atoms with Gasteiger partial charge in [0.2, 0.25) is 15.9 Å². The zero-order chi connectivity index (χ0) is 17.6.